The van der Waals surface area contributed by atoms with Crippen molar-refractivity contribution >= 4 is 5.97 Å². The Kier molecular flexibility index (Phi) is 4.52. The van der Waals surface area contributed by atoms with E-state index in [0.29, 0.717) is 5.56 Å². The molecule has 1 aliphatic heterocycles. The first-order valence-corrected chi connectivity index (χ1v) is 6.24. The number of hydrogen-bond acceptors (Lipinski definition) is 5. The van der Waals surface area contributed by atoms with Crippen LogP contribution in [0, 0.1) is 0 Å². The van der Waals surface area contributed by atoms with Gasteiger partial charge in [-0.1, -0.05) is 18.2 Å². The van der Waals surface area contributed by atoms with Gasteiger partial charge in [0.1, 0.15) is 0 Å². The number of methoxy groups -OCH3 is 1. The van der Waals surface area contributed by atoms with E-state index in [1.807, 2.05) is 6.07 Å². The van der Waals surface area contributed by atoms with Crippen LogP contribution in [0.4, 0.5) is 0 Å². The molecule has 0 aliphatic carbocycles. The zero-order chi connectivity index (χ0) is 13.8. The van der Waals surface area contributed by atoms with Crippen LogP contribution in [0.3, 0.4) is 0 Å². The summed E-state index contributed by atoms with van der Waals surface area (Å²) in [5.41, 5.74) is 0.454. The molecule has 0 amide bonds. The molecule has 1 aromatic rings. The van der Waals surface area contributed by atoms with Gasteiger partial charge < -0.3 is 19.3 Å². The van der Waals surface area contributed by atoms with Crippen LogP contribution in [-0.4, -0.2) is 42.8 Å². The molecular weight excluding hydrogens is 248 g/mol. The Morgan fingerprint density at radius 2 is 2.05 bits per heavy atom. The zero-order valence-electron chi connectivity index (χ0n) is 11.0. The maximum Gasteiger partial charge on any atom is 0.338 e. The second-order valence-electron chi connectivity index (χ2n) is 4.55. The van der Waals surface area contributed by atoms with Crippen LogP contribution in [0.1, 0.15) is 23.7 Å². The Bertz CT molecular complexity index is 407. The molecule has 19 heavy (non-hydrogen) atoms. The Hall–Kier alpha value is -1.43. The highest BCUT2D eigenvalue weighted by molar-refractivity contribution is 5.89. The van der Waals surface area contributed by atoms with Gasteiger partial charge in [0.15, 0.2) is 12.4 Å². The number of hydrogen-bond donors (Lipinski definition) is 1. The molecule has 0 bridgehead atoms. The zero-order valence-corrected chi connectivity index (χ0v) is 11.0. The highest BCUT2D eigenvalue weighted by Gasteiger charge is 2.38. The van der Waals surface area contributed by atoms with Crippen LogP contribution < -0.4 is 0 Å². The number of esters is 1. The molecule has 1 N–H and O–H groups in total. The van der Waals surface area contributed by atoms with E-state index in [0.717, 1.165) is 0 Å². The summed E-state index contributed by atoms with van der Waals surface area (Å²) in [7, 11) is 1.51. The second kappa shape index (κ2) is 6.14. The quantitative estimate of drug-likeness (QED) is 0.837. The number of benzene rings is 1. The molecule has 0 unspecified atom stereocenters. The van der Waals surface area contributed by atoms with Gasteiger partial charge in [-0.3, -0.25) is 0 Å². The largest absolute Gasteiger partial charge is 0.453 e. The summed E-state index contributed by atoms with van der Waals surface area (Å²) in [4.78, 5) is 11.9. The van der Waals surface area contributed by atoms with Crippen molar-refractivity contribution < 1.29 is 24.1 Å². The van der Waals surface area contributed by atoms with Crippen molar-refractivity contribution in [1.82, 2.24) is 0 Å². The highest BCUT2D eigenvalue weighted by Crippen LogP contribution is 2.23. The molecule has 2 rings (SSSR count). The number of aliphatic hydroxyl groups excluding tert-OH is 1. The maximum absolute atomic E-state index is 11.9. The minimum absolute atomic E-state index is 0.285. The Morgan fingerprint density at radius 3 is 2.63 bits per heavy atom. The molecule has 1 heterocycles. The summed E-state index contributed by atoms with van der Waals surface area (Å²) in [5, 5.41) is 10.00. The number of rotatable bonds is 3. The smallest absolute Gasteiger partial charge is 0.338 e. The predicted molar refractivity (Wildman–Crippen MR) is 67.6 cm³/mol. The van der Waals surface area contributed by atoms with Gasteiger partial charge in [-0.15, -0.1) is 0 Å². The molecule has 0 saturated carbocycles. The van der Waals surface area contributed by atoms with Crippen molar-refractivity contribution in [3.8, 4) is 0 Å². The van der Waals surface area contributed by atoms with E-state index < -0.39 is 30.6 Å². The molecule has 104 valence electrons. The van der Waals surface area contributed by atoms with Gasteiger partial charge in [-0.05, 0) is 19.1 Å². The average molecular weight is 266 g/mol. The molecular formula is C14H18O5. The molecule has 5 heteroatoms. The van der Waals surface area contributed by atoms with Crippen molar-refractivity contribution in [3.63, 3.8) is 0 Å². The van der Waals surface area contributed by atoms with Gasteiger partial charge in [-0.25, -0.2) is 4.79 Å². The molecule has 4 atom stereocenters. The standard InChI is InChI=1S/C14H18O5/c1-9-13(11(15)8-12(17-2)18-9)19-14(16)10-6-4-3-5-7-10/h3-7,9,11-13,15H,8H2,1-2H3/t9-,11-,12-,13-/m1/s1. The molecule has 1 saturated heterocycles. The fraction of sp³-hybridized carbons (Fsp3) is 0.500. The highest BCUT2D eigenvalue weighted by atomic mass is 16.7. The van der Waals surface area contributed by atoms with Crippen LogP contribution in [0.25, 0.3) is 0 Å². The molecule has 1 fully saturated rings. The van der Waals surface area contributed by atoms with E-state index >= 15 is 0 Å². The van der Waals surface area contributed by atoms with E-state index in [4.69, 9.17) is 14.2 Å². The van der Waals surface area contributed by atoms with E-state index in [9.17, 15) is 9.90 Å². The summed E-state index contributed by atoms with van der Waals surface area (Å²) in [6, 6.07) is 8.67. The third kappa shape index (κ3) is 3.32. The SMILES string of the molecule is CO[C@H]1C[C@@H](O)[C@H](OC(=O)c2ccccc2)[C@@H](C)O1. The van der Waals surface area contributed by atoms with Gasteiger partial charge in [-0.2, -0.15) is 0 Å². The van der Waals surface area contributed by atoms with Crippen LogP contribution >= 0.6 is 0 Å². The van der Waals surface area contributed by atoms with Crippen molar-refractivity contribution in [2.45, 2.75) is 37.9 Å². The minimum atomic E-state index is -0.790. The maximum atomic E-state index is 11.9. The minimum Gasteiger partial charge on any atom is -0.453 e. The third-order valence-corrected chi connectivity index (χ3v) is 3.16. The fourth-order valence-corrected chi connectivity index (χ4v) is 2.11. The topological polar surface area (TPSA) is 65.0 Å². The van der Waals surface area contributed by atoms with Gasteiger partial charge in [0.25, 0.3) is 0 Å². The van der Waals surface area contributed by atoms with Gasteiger partial charge in [0.05, 0.1) is 17.8 Å². The van der Waals surface area contributed by atoms with Crippen molar-refractivity contribution in [1.29, 1.82) is 0 Å². The lowest BCUT2D eigenvalue weighted by molar-refractivity contribution is -0.236. The van der Waals surface area contributed by atoms with Gasteiger partial charge in [0, 0.05) is 13.5 Å². The summed E-state index contributed by atoms with van der Waals surface area (Å²) in [5.74, 6) is -0.462. The van der Waals surface area contributed by atoms with Crippen LogP contribution in [0.2, 0.25) is 0 Å². The first kappa shape index (κ1) is 14.0. The number of carbonyl (C=O) groups excluding carboxylic acids is 1. The molecule has 0 radical (unpaired) electrons. The summed E-state index contributed by atoms with van der Waals surface area (Å²) in [6.07, 6.45) is -2.06. The van der Waals surface area contributed by atoms with Gasteiger partial charge in [0.2, 0.25) is 0 Å². The van der Waals surface area contributed by atoms with Crippen LogP contribution in [0.5, 0.6) is 0 Å². The van der Waals surface area contributed by atoms with Crippen molar-refractivity contribution in [2.24, 2.45) is 0 Å². The normalized spacial score (nSPS) is 30.9. The van der Waals surface area contributed by atoms with E-state index in [2.05, 4.69) is 0 Å². The molecule has 5 nitrogen and oxygen atoms in total. The van der Waals surface area contributed by atoms with E-state index in [1.54, 1.807) is 31.2 Å². The summed E-state index contributed by atoms with van der Waals surface area (Å²) >= 11 is 0. The Balaban J connectivity index is 2.01. The second-order valence-corrected chi connectivity index (χ2v) is 4.55. The lowest BCUT2D eigenvalue weighted by Gasteiger charge is -2.36. The predicted octanol–water partition coefficient (Wildman–Crippen LogP) is 1.35. The number of carbonyl (C=O) groups is 1. The van der Waals surface area contributed by atoms with Gasteiger partial charge >= 0.3 is 5.97 Å². The summed E-state index contributed by atoms with van der Waals surface area (Å²) in [6.45, 7) is 1.75. The Labute approximate surface area is 112 Å². The monoisotopic (exact) mass is 266 g/mol. The number of ether oxygens (including phenoxy) is 3. The van der Waals surface area contributed by atoms with Crippen molar-refractivity contribution in [2.75, 3.05) is 7.11 Å². The molecule has 0 spiro atoms. The average Bonchev–Trinajstić information content (AvgIpc) is 2.43. The molecule has 1 aromatic carbocycles. The third-order valence-electron chi connectivity index (χ3n) is 3.16. The molecule has 1 aliphatic rings. The van der Waals surface area contributed by atoms with E-state index in [-0.39, 0.29) is 6.42 Å². The lowest BCUT2D eigenvalue weighted by atomic mass is 10.0. The Morgan fingerprint density at radius 1 is 1.37 bits per heavy atom. The summed E-state index contributed by atoms with van der Waals surface area (Å²) < 4.78 is 15.9. The number of aliphatic hydroxyl groups is 1. The van der Waals surface area contributed by atoms with Crippen LogP contribution in [-0.2, 0) is 14.2 Å². The van der Waals surface area contributed by atoms with E-state index in [1.165, 1.54) is 7.11 Å². The first-order chi connectivity index (χ1) is 9.11. The first-order valence-electron chi connectivity index (χ1n) is 6.24. The van der Waals surface area contributed by atoms with Crippen molar-refractivity contribution in [3.05, 3.63) is 35.9 Å². The lowest BCUT2D eigenvalue weighted by Crippen LogP contribution is -2.49. The fourth-order valence-electron chi connectivity index (χ4n) is 2.11. The van der Waals surface area contributed by atoms with Crippen LogP contribution in [0.15, 0.2) is 30.3 Å². The molecule has 0 aromatic heterocycles.